The number of hydrogen-bond acceptors (Lipinski definition) is 3. The normalized spacial score (nSPS) is 10.8. The van der Waals surface area contributed by atoms with Crippen LogP contribution < -0.4 is 0 Å². The summed E-state index contributed by atoms with van der Waals surface area (Å²) in [5.74, 6) is -0.969. The summed E-state index contributed by atoms with van der Waals surface area (Å²) < 4.78 is 1.64. The van der Waals surface area contributed by atoms with Gasteiger partial charge >= 0.3 is 5.97 Å². The third kappa shape index (κ3) is 2.03. The Morgan fingerprint density at radius 1 is 1.20 bits per heavy atom. The van der Waals surface area contributed by atoms with Crippen molar-refractivity contribution in [2.75, 3.05) is 0 Å². The SMILES string of the molecule is Cc1ccccc1Cn1nnc2cccc(C(=O)O)c21. The summed E-state index contributed by atoms with van der Waals surface area (Å²) in [5, 5.41) is 17.4. The minimum absolute atomic E-state index is 0.223. The Labute approximate surface area is 115 Å². The molecule has 1 N–H and O–H groups in total. The number of aryl methyl sites for hydroxylation is 1. The van der Waals surface area contributed by atoms with Crippen LogP contribution in [0.2, 0.25) is 0 Å². The average Bonchev–Trinajstić information content (AvgIpc) is 2.84. The molecule has 0 atom stereocenters. The molecule has 0 bridgehead atoms. The summed E-state index contributed by atoms with van der Waals surface area (Å²) in [7, 11) is 0. The van der Waals surface area contributed by atoms with E-state index in [0.29, 0.717) is 17.6 Å². The summed E-state index contributed by atoms with van der Waals surface area (Å²) in [6.45, 7) is 2.53. The average molecular weight is 267 g/mol. The van der Waals surface area contributed by atoms with E-state index in [2.05, 4.69) is 10.3 Å². The highest BCUT2D eigenvalue weighted by Gasteiger charge is 2.14. The molecule has 0 aliphatic carbocycles. The van der Waals surface area contributed by atoms with Crippen LogP contribution in [0.1, 0.15) is 21.5 Å². The van der Waals surface area contributed by atoms with Crippen molar-refractivity contribution in [3.63, 3.8) is 0 Å². The summed E-state index contributed by atoms with van der Waals surface area (Å²) in [5.41, 5.74) is 3.62. The first-order chi connectivity index (χ1) is 9.66. The standard InChI is InChI=1S/C15H13N3O2/c1-10-5-2-3-6-11(10)9-18-14-12(15(19)20)7-4-8-13(14)16-17-18/h2-8H,9H2,1H3,(H,19,20). The Balaban J connectivity index is 2.13. The van der Waals surface area contributed by atoms with Gasteiger partial charge in [-0.1, -0.05) is 35.5 Å². The highest BCUT2D eigenvalue weighted by Crippen LogP contribution is 2.18. The molecular weight excluding hydrogens is 254 g/mol. The molecule has 3 aromatic rings. The van der Waals surface area contributed by atoms with E-state index < -0.39 is 5.97 Å². The zero-order valence-corrected chi connectivity index (χ0v) is 10.9. The van der Waals surface area contributed by atoms with Crippen molar-refractivity contribution < 1.29 is 9.90 Å². The topological polar surface area (TPSA) is 68.0 Å². The minimum Gasteiger partial charge on any atom is -0.478 e. The van der Waals surface area contributed by atoms with Crippen LogP contribution in [0.4, 0.5) is 0 Å². The molecule has 20 heavy (non-hydrogen) atoms. The summed E-state index contributed by atoms with van der Waals surface area (Å²) >= 11 is 0. The molecule has 0 radical (unpaired) electrons. The molecular formula is C15H13N3O2. The number of carboxylic acid groups (broad SMARTS) is 1. The number of fused-ring (bicyclic) bond motifs is 1. The fourth-order valence-corrected chi connectivity index (χ4v) is 2.26. The van der Waals surface area contributed by atoms with Gasteiger partial charge in [0, 0.05) is 0 Å². The van der Waals surface area contributed by atoms with Crippen molar-refractivity contribution in [3.05, 3.63) is 59.2 Å². The van der Waals surface area contributed by atoms with E-state index in [0.717, 1.165) is 11.1 Å². The lowest BCUT2D eigenvalue weighted by Crippen LogP contribution is -2.07. The number of hydrogen-bond donors (Lipinski definition) is 1. The van der Waals surface area contributed by atoms with E-state index in [-0.39, 0.29) is 5.56 Å². The zero-order valence-electron chi connectivity index (χ0n) is 10.9. The van der Waals surface area contributed by atoms with E-state index in [4.69, 9.17) is 0 Å². The van der Waals surface area contributed by atoms with Crippen molar-refractivity contribution in [2.45, 2.75) is 13.5 Å². The second-order valence-corrected chi connectivity index (χ2v) is 4.65. The van der Waals surface area contributed by atoms with Gasteiger partial charge < -0.3 is 5.11 Å². The molecule has 0 aliphatic heterocycles. The van der Waals surface area contributed by atoms with Gasteiger partial charge in [0.15, 0.2) is 0 Å². The first kappa shape index (κ1) is 12.3. The molecule has 0 unspecified atom stereocenters. The van der Waals surface area contributed by atoms with Crippen molar-refractivity contribution in [2.24, 2.45) is 0 Å². The maximum atomic E-state index is 11.3. The lowest BCUT2D eigenvalue weighted by Gasteiger charge is -2.07. The van der Waals surface area contributed by atoms with Gasteiger partial charge in [-0.2, -0.15) is 0 Å². The van der Waals surface area contributed by atoms with Crippen LogP contribution in [0.15, 0.2) is 42.5 Å². The first-order valence-corrected chi connectivity index (χ1v) is 6.27. The molecule has 0 amide bonds. The minimum atomic E-state index is -0.969. The van der Waals surface area contributed by atoms with Gasteiger partial charge in [0.1, 0.15) is 11.0 Å². The maximum Gasteiger partial charge on any atom is 0.337 e. The van der Waals surface area contributed by atoms with E-state index in [9.17, 15) is 9.90 Å². The zero-order chi connectivity index (χ0) is 14.1. The Kier molecular flexibility index (Phi) is 2.95. The summed E-state index contributed by atoms with van der Waals surface area (Å²) in [6, 6.07) is 13.0. The Morgan fingerprint density at radius 2 is 2.00 bits per heavy atom. The number of aromatic carboxylic acids is 1. The fourth-order valence-electron chi connectivity index (χ4n) is 2.26. The van der Waals surface area contributed by atoms with Crippen molar-refractivity contribution in [1.29, 1.82) is 0 Å². The molecule has 0 saturated heterocycles. The second-order valence-electron chi connectivity index (χ2n) is 4.65. The van der Waals surface area contributed by atoms with Gasteiger partial charge in [-0.15, -0.1) is 5.10 Å². The maximum absolute atomic E-state index is 11.3. The number of rotatable bonds is 3. The molecule has 0 spiro atoms. The first-order valence-electron chi connectivity index (χ1n) is 6.27. The van der Waals surface area contributed by atoms with Gasteiger partial charge in [0.05, 0.1) is 12.1 Å². The summed E-state index contributed by atoms with van der Waals surface area (Å²) in [4.78, 5) is 11.3. The van der Waals surface area contributed by atoms with Crippen LogP contribution >= 0.6 is 0 Å². The lowest BCUT2D eigenvalue weighted by molar-refractivity contribution is 0.0698. The second kappa shape index (κ2) is 4.77. The van der Waals surface area contributed by atoms with E-state index in [1.165, 1.54) is 0 Å². The van der Waals surface area contributed by atoms with Crippen LogP contribution in [0.25, 0.3) is 11.0 Å². The molecule has 100 valence electrons. The van der Waals surface area contributed by atoms with Gasteiger partial charge in [-0.3, -0.25) is 0 Å². The molecule has 0 aliphatic rings. The van der Waals surface area contributed by atoms with Gasteiger partial charge in [-0.25, -0.2) is 9.48 Å². The molecule has 0 saturated carbocycles. The summed E-state index contributed by atoms with van der Waals surface area (Å²) in [6.07, 6.45) is 0. The van der Waals surface area contributed by atoms with Crippen LogP contribution in [0.3, 0.4) is 0 Å². The molecule has 0 fully saturated rings. The Morgan fingerprint density at radius 3 is 2.75 bits per heavy atom. The largest absolute Gasteiger partial charge is 0.478 e. The molecule has 5 nitrogen and oxygen atoms in total. The lowest BCUT2D eigenvalue weighted by atomic mass is 10.1. The van der Waals surface area contributed by atoms with E-state index >= 15 is 0 Å². The Hall–Kier alpha value is -2.69. The number of aromatic nitrogens is 3. The highest BCUT2D eigenvalue weighted by atomic mass is 16.4. The highest BCUT2D eigenvalue weighted by molar-refractivity contribution is 6.00. The smallest absolute Gasteiger partial charge is 0.337 e. The molecule has 3 rings (SSSR count). The van der Waals surface area contributed by atoms with Gasteiger partial charge in [0.25, 0.3) is 0 Å². The number of nitrogens with zero attached hydrogens (tertiary/aromatic N) is 3. The van der Waals surface area contributed by atoms with Crippen molar-refractivity contribution >= 4 is 17.0 Å². The molecule has 1 aromatic heterocycles. The Bertz CT molecular complexity index is 793. The van der Waals surface area contributed by atoms with Crippen molar-refractivity contribution in [3.8, 4) is 0 Å². The molecule has 5 heteroatoms. The van der Waals surface area contributed by atoms with Crippen LogP contribution in [0.5, 0.6) is 0 Å². The van der Waals surface area contributed by atoms with Crippen LogP contribution in [-0.4, -0.2) is 26.1 Å². The number of carboxylic acids is 1. The fraction of sp³-hybridized carbons (Fsp3) is 0.133. The van der Waals surface area contributed by atoms with Crippen LogP contribution in [0, 0.1) is 6.92 Å². The number of carbonyl (C=O) groups is 1. The van der Waals surface area contributed by atoms with Gasteiger partial charge in [0.2, 0.25) is 0 Å². The molecule has 2 aromatic carbocycles. The third-order valence-corrected chi connectivity index (χ3v) is 3.35. The molecule has 1 heterocycles. The predicted molar refractivity (Wildman–Crippen MR) is 74.8 cm³/mol. The monoisotopic (exact) mass is 267 g/mol. The number of benzene rings is 2. The number of para-hydroxylation sites is 1. The van der Waals surface area contributed by atoms with Crippen molar-refractivity contribution in [1.82, 2.24) is 15.0 Å². The predicted octanol–water partition coefficient (Wildman–Crippen LogP) is 2.49. The third-order valence-electron chi connectivity index (χ3n) is 3.35. The van der Waals surface area contributed by atoms with Gasteiger partial charge in [-0.05, 0) is 30.2 Å². The van der Waals surface area contributed by atoms with E-state index in [1.54, 1.807) is 22.9 Å². The quantitative estimate of drug-likeness (QED) is 0.791. The van der Waals surface area contributed by atoms with E-state index in [1.807, 2.05) is 31.2 Å². The van der Waals surface area contributed by atoms with Crippen LogP contribution in [-0.2, 0) is 6.54 Å².